The lowest BCUT2D eigenvalue weighted by Gasteiger charge is -2.14. The number of esters is 1. The number of anilines is 1. The van der Waals surface area contributed by atoms with Crippen molar-refractivity contribution in [3.05, 3.63) is 95.1 Å². The first-order chi connectivity index (χ1) is 16.9. The van der Waals surface area contributed by atoms with Crippen molar-refractivity contribution in [3.8, 4) is 5.75 Å². The van der Waals surface area contributed by atoms with Gasteiger partial charge in [0.2, 0.25) is 0 Å². The zero-order valence-electron chi connectivity index (χ0n) is 18.6. The van der Waals surface area contributed by atoms with Crippen molar-refractivity contribution in [1.29, 1.82) is 0 Å². The lowest BCUT2D eigenvalue weighted by Crippen LogP contribution is -2.32. The Morgan fingerprint density at radius 3 is 1.94 bits per heavy atom. The third-order valence-corrected chi connectivity index (χ3v) is 5.35. The number of nitrogens with zero attached hydrogens (tertiary/aromatic N) is 1. The number of fused-ring (bicyclic) bond motifs is 1. The Labute approximate surface area is 200 Å². The van der Waals surface area contributed by atoms with Crippen LogP contribution in [0.5, 0.6) is 5.75 Å². The Morgan fingerprint density at radius 2 is 1.37 bits per heavy atom. The highest BCUT2D eigenvalue weighted by Gasteiger charge is 2.36. The van der Waals surface area contributed by atoms with Gasteiger partial charge in [-0.25, -0.2) is 4.90 Å². The maximum Gasteiger partial charge on any atom is 0.325 e. The number of imide groups is 1. The van der Waals surface area contributed by atoms with Gasteiger partial charge < -0.3 is 14.8 Å². The predicted octanol–water partition coefficient (Wildman–Crippen LogP) is 2.65. The Balaban J connectivity index is 1.29. The van der Waals surface area contributed by atoms with Crippen LogP contribution in [-0.2, 0) is 9.53 Å². The zero-order valence-corrected chi connectivity index (χ0v) is 18.6. The predicted molar refractivity (Wildman–Crippen MR) is 125 cm³/mol. The van der Waals surface area contributed by atoms with E-state index in [1.165, 1.54) is 31.4 Å². The number of amides is 3. The second kappa shape index (κ2) is 10.0. The number of hydrogen-bond acceptors (Lipinski definition) is 7. The first-order valence-corrected chi connectivity index (χ1v) is 10.6. The summed E-state index contributed by atoms with van der Waals surface area (Å²) < 4.78 is 9.95. The quantitative estimate of drug-likeness (QED) is 0.304. The van der Waals surface area contributed by atoms with Gasteiger partial charge in [-0.2, -0.15) is 0 Å². The van der Waals surface area contributed by atoms with Crippen LogP contribution >= 0.6 is 0 Å². The van der Waals surface area contributed by atoms with Crippen molar-refractivity contribution in [2.75, 3.05) is 25.2 Å². The first-order valence-electron chi connectivity index (χ1n) is 10.6. The average Bonchev–Trinajstić information content (AvgIpc) is 3.15. The van der Waals surface area contributed by atoms with Crippen LogP contribution in [0.25, 0.3) is 0 Å². The Bertz CT molecular complexity index is 1280. The first kappa shape index (κ1) is 23.4. The molecule has 3 aromatic carbocycles. The maximum atomic E-state index is 12.6. The molecule has 0 saturated heterocycles. The third-order valence-electron chi connectivity index (χ3n) is 5.35. The molecule has 176 valence electrons. The molecule has 1 aliphatic heterocycles. The summed E-state index contributed by atoms with van der Waals surface area (Å²) in [5, 5.41) is 2.41. The van der Waals surface area contributed by atoms with E-state index in [-0.39, 0.29) is 5.56 Å². The highest BCUT2D eigenvalue weighted by Crippen LogP contribution is 2.28. The lowest BCUT2D eigenvalue weighted by atomic mass is 10.1. The Hall–Kier alpha value is -4.79. The molecule has 1 N–H and O–H groups in total. The molecule has 3 amide bonds. The van der Waals surface area contributed by atoms with Crippen molar-refractivity contribution >= 4 is 35.2 Å². The van der Waals surface area contributed by atoms with E-state index in [9.17, 15) is 24.0 Å². The number of carbonyl (C=O) groups excluding carboxylic acids is 5. The van der Waals surface area contributed by atoms with Gasteiger partial charge in [0.1, 0.15) is 12.3 Å². The molecular weight excluding hydrogens is 452 g/mol. The number of ether oxygens (including phenoxy) is 2. The van der Waals surface area contributed by atoms with E-state index in [0.717, 1.165) is 4.90 Å². The molecular formula is C26H20N2O7. The molecule has 0 spiro atoms. The van der Waals surface area contributed by atoms with E-state index in [1.54, 1.807) is 48.5 Å². The summed E-state index contributed by atoms with van der Waals surface area (Å²) in [5.74, 6) is -2.00. The van der Waals surface area contributed by atoms with E-state index < -0.39 is 42.6 Å². The molecule has 0 bridgehead atoms. The van der Waals surface area contributed by atoms with Crippen LogP contribution < -0.4 is 15.0 Å². The van der Waals surface area contributed by atoms with Crippen LogP contribution in [0, 0.1) is 0 Å². The van der Waals surface area contributed by atoms with Crippen LogP contribution in [0.1, 0.15) is 41.4 Å². The third kappa shape index (κ3) is 4.93. The number of nitrogens with one attached hydrogen (secondary N) is 1. The van der Waals surface area contributed by atoms with Gasteiger partial charge in [-0.1, -0.05) is 12.1 Å². The van der Waals surface area contributed by atoms with Crippen molar-refractivity contribution < 1.29 is 33.4 Å². The summed E-state index contributed by atoms with van der Waals surface area (Å²) in [6, 6.07) is 18.7. The van der Waals surface area contributed by atoms with Gasteiger partial charge in [-0.05, 0) is 60.7 Å². The molecule has 9 heteroatoms. The summed E-state index contributed by atoms with van der Waals surface area (Å²) >= 11 is 0. The molecule has 0 aromatic heterocycles. The molecule has 0 fully saturated rings. The fraction of sp³-hybridized carbons (Fsp3) is 0.115. The largest absolute Gasteiger partial charge is 0.497 e. The van der Waals surface area contributed by atoms with Gasteiger partial charge >= 0.3 is 5.97 Å². The maximum absolute atomic E-state index is 12.6. The van der Waals surface area contributed by atoms with Crippen LogP contribution in [0.3, 0.4) is 0 Å². The van der Waals surface area contributed by atoms with Gasteiger partial charge in [-0.3, -0.25) is 24.0 Å². The van der Waals surface area contributed by atoms with Gasteiger partial charge in [0.15, 0.2) is 12.4 Å². The van der Waals surface area contributed by atoms with E-state index in [2.05, 4.69) is 5.32 Å². The number of Topliss-reactive ketones (excluding diaryl/α,β-unsaturated/α-hetero) is 1. The highest BCUT2D eigenvalue weighted by molar-refractivity contribution is 6.34. The van der Waals surface area contributed by atoms with Crippen LogP contribution in [0.15, 0.2) is 72.8 Å². The highest BCUT2D eigenvalue weighted by atomic mass is 16.5. The number of ketones is 1. The van der Waals surface area contributed by atoms with Gasteiger partial charge in [0.25, 0.3) is 17.7 Å². The Morgan fingerprint density at radius 1 is 0.800 bits per heavy atom. The lowest BCUT2D eigenvalue weighted by molar-refractivity contribution is -0.141. The number of hydrogen-bond donors (Lipinski definition) is 1. The fourth-order valence-corrected chi connectivity index (χ4v) is 3.50. The van der Waals surface area contributed by atoms with Crippen LogP contribution in [0.2, 0.25) is 0 Å². The normalized spacial score (nSPS) is 12.2. The van der Waals surface area contributed by atoms with Crippen LogP contribution in [0.4, 0.5) is 5.69 Å². The number of rotatable bonds is 8. The monoisotopic (exact) mass is 472 g/mol. The summed E-state index contributed by atoms with van der Waals surface area (Å²) in [6.07, 6.45) is 0. The standard InChI is InChI=1S/C26H20N2O7/c1-34-19-12-8-16(9-13-19)22(29)15-35-23(30)14-27-24(31)17-6-10-18(11-7-17)28-25(32)20-4-2-3-5-21(20)26(28)33/h2-13H,14-15H2,1H3,(H,27,31). The average molecular weight is 472 g/mol. The van der Waals surface area contributed by atoms with E-state index in [4.69, 9.17) is 9.47 Å². The van der Waals surface area contributed by atoms with Crippen LogP contribution in [-0.4, -0.2) is 49.7 Å². The molecule has 1 heterocycles. The molecule has 0 aliphatic carbocycles. The molecule has 0 radical (unpaired) electrons. The van der Waals surface area contributed by atoms with Crippen molar-refractivity contribution in [2.45, 2.75) is 0 Å². The molecule has 3 aromatic rings. The molecule has 4 rings (SSSR count). The minimum Gasteiger partial charge on any atom is -0.497 e. The molecule has 9 nitrogen and oxygen atoms in total. The fourth-order valence-electron chi connectivity index (χ4n) is 3.50. The molecule has 0 atom stereocenters. The minimum absolute atomic E-state index is 0.215. The van der Waals surface area contributed by atoms with E-state index >= 15 is 0 Å². The van der Waals surface area contributed by atoms with Gasteiger partial charge in [-0.15, -0.1) is 0 Å². The van der Waals surface area contributed by atoms with Crippen molar-refractivity contribution in [2.24, 2.45) is 0 Å². The molecule has 0 unspecified atom stereocenters. The molecule has 1 aliphatic rings. The molecule has 0 saturated carbocycles. The summed E-state index contributed by atoms with van der Waals surface area (Å²) in [7, 11) is 1.51. The minimum atomic E-state index is -0.775. The Kier molecular flexibility index (Phi) is 6.68. The number of carbonyl (C=O) groups is 5. The van der Waals surface area contributed by atoms with E-state index in [0.29, 0.717) is 28.1 Å². The summed E-state index contributed by atoms with van der Waals surface area (Å²) in [4.78, 5) is 62.6. The second-order valence-electron chi connectivity index (χ2n) is 7.53. The summed E-state index contributed by atoms with van der Waals surface area (Å²) in [6.45, 7) is -0.898. The summed E-state index contributed by atoms with van der Waals surface area (Å²) in [5.41, 5.74) is 1.55. The number of methoxy groups -OCH3 is 1. The molecule has 35 heavy (non-hydrogen) atoms. The SMILES string of the molecule is COc1ccc(C(=O)COC(=O)CNC(=O)c2ccc(N3C(=O)c4ccccc4C3=O)cc2)cc1. The van der Waals surface area contributed by atoms with Crippen molar-refractivity contribution in [3.63, 3.8) is 0 Å². The topological polar surface area (TPSA) is 119 Å². The van der Waals surface area contributed by atoms with Gasteiger partial charge in [0, 0.05) is 11.1 Å². The second-order valence-corrected chi connectivity index (χ2v) is 7.53. The van der Waals surface area contributed by atoms with Crippen molar-refractivity contribution in [1.82, 2.24) is 5.32 Å². The number of benzene rings is 3. The zero-order chi connectivity index (χ0) is 24.9. The van der Waals surface area contributed by atoms with Gasteiger partial charge in [0.05, 0.1) is 23.9 Å². The van der Waals surface area contributed by atoms with E-state index in [1.807, 2.05) is 0 Å². The smallest absolute Gasteiger partial charge is 0.325 e.